The topological polar surface area (TPSA) is 12.9 Å². The van der Waals surface area contributed by atoms with Crippen LogP contribution in [0.3, 0.4) is 0 Å². The summed E-state index contributed by atoms with van der Waals surface area (Å²) in [5.41, 5.74) is 3.81. The van der Waals surface area contributed by atoms with Crippen LogP contribution in [0.1, 0.15) is 63.9 Å². The molecule has 0 spiro atoms. The summed E-state index contributed by atoms with van der Waals surface area (Å²) in [7, 11) is 0. The second-order valence-corrected chi connectivity index (χ2v) is 7.74. The number of pyridine rings is 1. The van der Waals surface area contributed by atoms with Crippen molar-refractivity contribution in [2.45, 2.75) is 58.3 Å². The molecular weight excluding hydrogens is 314 g/mol. The van der Waals surface area contributed by atoms with Gasteiger partial charge in [0.25, 0.3) is 0 Å². The zero-order valence-electron chi connectivity index (χ0n) is 14.8. The van der Waals surface area contributed by atoms with E-state index in [1.54, 1.807) is 0 Å². The molecule has 0 N–H and O–H groups in total. The monoisotopic (exact) mass is 341 g/mol. The summed E-state index contributed by atoms with van der Waals surface area (Å²) in [5, 5.41) is 0.544. The van der Waals surface area contributed by atoms with Crippen LogP contribution in [0.5, 0.6) is 0 Å². The maximum absolute atomic E-state index is 5.87. The highest BCUT2D eigenvalue weighted by atomic mass is 35.5. The van der Waals surface area contributed by atoms with Crippen LogP contribution >= 0.6 is 11.6 Å². The zero-order chi connectivity index (χ0) is 16.9. The molecule has 1 aliphatic carbocycles. The van der Waals surface area contributed by atoms with Gasteiger partial charge in [0.1, 0.15) is 5.15 Å². The van der Waals surface area contributed by atoms with E-state index in [4.69, 9.17) is 11.6 Å². The Morgan fingerprint density at radius 2 is 1.67 bits per heavy atom. The van der Waals surface area contributed by atoms with Gasteiger partial charge in [-0.1, -0.05) is 75.4 Å². The molecule has 1 atom stereocenters. The first-order valence-corrected chi connectivity index (χ1v) is 9.77. The van der Waals surface area contributed by atoms with Crippen LogP contribution in [0.15, 0.2) is 42.6 Å². The molecule has 0 aliphatic heterocycles. The highest BCUT2D eigenvalue weighted by molar-refractivity contribution is 6.29. The van der Waals surface area contributed by atoms with Gasteiger partial charge in [0.05, 0.1) is 0 Å². The number of benzene rings is 1. The summed E-state index contributed by atoms with van der Waals surface area (Å²) in [6.45, 7) is 4.72. The molecule has 2 heteroatoms. The van der Waals surface area contributed by atoms with Crippen LogP contribution in [0, 0.1) is 11.8 Å². The van der Waals surface area contributed by atoms with Gasteiger partial charge in [-0.05, 0) is 53.9 Å². The molecular formula is C22H28ClN. The van der Waals surface area contributed by atoms with Crippen molar-refractivity contribution in [2.75, 3.05) is 0 Å². The standard InChI is InChI=1S/C22H28ClN/c1-3-4-17-5-7-18(8-6-17)16(2)19-9-11-20(12-10-19)21-13-14-22(23)24-15-21/h9-18H,3-8H2,1-2H3. The van der Waals surface area contributed by atoms with Gasteiger partial charge in [0, 0.05) is 11.8 Å². The van der Waals surface area contributed by atoms with E-state index >= 15 is 0 Å². The van der Waals surface area contributed by atoms with E-state index in [0.717, 1.165) is 17.4 Å². The molecule has 0 saturated heterocycles. The fourth-order valence-corrected chi connectivity index (χ4v) is 4.29. The fraction of sp³-hybridized carbons (Fsp3) is 0.500. The Bertz CT molecular complexity index is 624. The van der Waals surface area contributed by atoms with Crippen LogP contribution in [-0.4, -0.2) is 4.98 Å². The van der Waals surface area contributed by atoms with Crippen LogP contribution in [-0.2, 0) is 0 Å². The molecule has 0 bridgehead atoms. The molecule has 24 heavy (non-hydrogen) atoms. The fourth-order valence-electron chi connectivity index (χ4n) is 4.18. The average molecular weight is 342 g/mol. The summed E-state index contributed by atoms with van der Waals surface area (Å²) < 4.78 is 0. The Morgan fingerprint density at radius 1 is 1.00 bits per heavy atom. The lowest BCUT2D eigenvalue weighted by atomic mass is 9.73. The second-order valence-electron chi connectivity index (χ2n) is 7.35. The molecule has 1 aliphatic rings. The van der Waals surface area contributed by atoms with Crippen molar-refractivity contribution in [3.05, 3.63) is 53.3 Å². The highest BCUT2D eigenvalue weighted by Crippen LogP contribution is 2.39. The van der Waals surface area contributed by atoms with E-state index in [2.05, 4.69) is 43.1 Å². The van der Waals surface area contributed by atoms with E-state index in [1.807, 2.05) is 18.3 Å². The molecule has 2 aromatic rings. The third-order valence-electron chi connectivity index (χ3n) is 5.79. The van der Waals surface area contributed by atoms with Gasteiger partial charge < -0.3 is 0 Å². The minimum atomic E-state index is 0.544. The molecule has 1 heterocycles. The van der Waals surface area contributed by atoms with Gasteiger partial charge >= 0.3 is 0 Å². The van der Waals surface area contributed by atoms with E-state index in [-0.39, 0.29) is 0 Å². The summed E-state index contributed by atoms with van der Waals surface area (Å²) in [5.74, 6) is 2.49. The molecule has 1 aromatic heterocycles. The van der Waals surface area contributed by atoms with Gasteiger partial charge in [0.2, 0.25) is 0 Å². The lowest BCUT2D eigenvalue weighted by Crippen LogP contribution is -2.19. The predicted octanol–water partition coefficient (Wildman–Crippen LogP) is 7.11. The van der Waals surface area contributed by atoms with E-state index in [1.165, 1.54) is 49.7 Å². The SMILES string of the molecule is CCCC1CCC(C(C)c2ccc(-c3ccc(Cl)nc3)cc2)CC1. The quantitative estimate of drug-likeness (QED) is 0.528. The largest absolute Gasteiger partial charge is 0.244 e. The number of hydrogen-bond acceptors (Lipinski definition) is 1. The van der Waals surface area contributed by atoms with Crippen molar-refractivity contribution >= 4 is 11.6 Å². The Balaban J connectivity index is 1.64. The Kier molecular flexibility index (Phi) is 5.94. The van der Waals surface area contributed by atoms with Crippen LogP contribution in [0.2, 0.25) is 5.15 Å². The van der Waals surface area contributed by atoms with Crippen LogP contribution in [0.4, 0.5) is 0 Å². The van der Waals surface area contributed by atoms with Gasteiger partial charge in [-0.2, -0.15) is 0 Å². The Morgan fingerprint density at radius 3 is 2.25 bits per heavy atom. The van der Waals surface area contributed by atoms with Gasteiger partial charge in [-0.15, -0.1) is 0 Å². The molecule has 1 saturated carbocycles. The molecule has 3 rings (SSSR count). The number of hydrogen-bond donors (Lipinski definition) is 0. The summed E-state index contributed by atoms with van der Waals surface area (Å²) in [6, 6.07) is 12.9. The molecule has 1 aromatic carbocycles. The predicted molar refractivity (Wildman–Crippen MR) is 103 cm³/mol. The molecule has 1 unspecified atom stereocenters. The van der Waals surface area contributed by atoms with Crippen molar-refractivity contribution in [3.63, 3.8) is 0 Å². The maximum Gasteiger partial charge on any atom is 0.129 e. The highest BCUT2D eigenvalue weighted by Gasteiger charge is 2.25. The lowest BCUT2D eigenvalue weighted by molar-refractivity contribution is 0.239. The third kappa shape index (κ3) is 4.19. The van der Waals surface area contributed by atoms with Gasteiger partial charge in [0.15, 0.2) is 0 Å². The first-order valence-electron chi connectivity index (χ1n) is 9.39. The van der Waals surface area contributed by atoms with Gasteiger partial charge in [-0.3, -0.25) is 0 Å². The average Bonchev–Trinajstić information content (AvgIpc) is 2.63. The third-order valence-corrected chi connectivity index (χ3v) is 6.02. The molecule has 1 fully saturated rings. The van der Waals surface area contributed by atoms with E-state index < -0.39 is 0 Å². The van der Waals surface area contributed by atoms with E-state index in [0.29, 0.717) is 11.1 Å². The van der Waals surface area contributed by atoms with Gasteiger partial charge in [-0.25, -0.2) is 4.98 Å². The summed E-state index contributed by atoms with van der Waals surface area (Å²) >= 11 is 5.87. The Hall–Kier alpha value is -1.34. The number of nitrogens with zero attached hydrogens (tertiary/aromatic N) is 1. The minimum absolute atomic E-state index is 0.544. The first-order chi connectivity index (χ1) is 11.7. The van der Waals surface area contributed by atoms with Crippen molar-refractivity contribution < 1.29 is 0 Å². The molecule has 128 valence electrons. The first kappa shape index (κ1) is 17.5. The lowest BCUT2D eigenvalue weighted by Gasteiger charge is -2.32. The Labute approximate surface area is 151 Å². The smallest absolute Gasteiger partial charge is 0.129 e. The number of rotatable bonds is 5. The van der Waals surface area contributed by atoms with Crippen molar-refractivity contribution in [2.24, 2.45) is 11.8 Å². The zero-order valence-corrected chi connectivity index (χ0v) is 15.6. The van der Waals surface area contributed by atoms with E-state index in [9.17, 15) is 0 Å². The summed E-state index contributed by atoms with van der Waals surface area (Å²) in [6.07, 6.45) is 10.3. The maximum atomic E-state index is 5.87. The van der Waals surface area contributed by atoms with Crippen molar-refractivity contribution in [1.29, 1.82) is 0 Å². The van der Waals surface area contributed by atoms with Crippen molar-refractivity contribution in [1.82, 2.24) is 4.98 Å². The van der Waals surface area contributed by atoms with Crippen LogP contribution < -0.4 is 0 Å². The normalized spacial score (nSPS) is 22.3. The number of halogens is 1. The second kappa shape index (κ2) is 8.16. The molecule has 1 nitrogen and oxygen atoms in total. The number of aromatic nitrogens is 1. The summed E-state index contributed by atoms with van der Waals surface area (Å²) in [4.78, 5) is 4.17. The molecule has 0 amide bonds. The van der Waals surface area contributed by atoms with Crippen LogP contribution in [0.25, 0.3) is 11.1 Å². The minimum Gasteiger partial charge on any atom is -0.244 e. The molecule has 0 radical (unpaired) electrons. The van der Waals surface area contributed by atoms with Crippen molar-refractivity contribution in [3.8, 4) is 11.1 Å².